The van der Waals surface area contributed by atoms with Gasteiger partial charge in [-0.2, -0.15) is 0 Å². The van der Waals surface area contributed by atoms with Crippen LogP contribution in [-0.2, 0) is 0 Å². The number of carbonyl (C=O) groups excluding carboxylic acids is 1. The smallest absolute Gasteiger partial charge is 0.323 e. The highest BCUT2D eigenvalue weighted by Gasteiger charge is 2.23. The van der Waals surface area contributed by atoms with Crippen molar-refractivity contribution in [3.8, 4) is 11.3 Å². The lowest BCUT2D eigenvalue weighted by Gasteiger charge is -2.33. The fourth-order valence-electron chi connectivity index (χ4n) is 3.77. The number of piperidine rings is 1. The number of urea groups is 1. The number of nitrogens with one attached hydrogen (secondary N) is 2. The number of aromatic nitrogens is 2. The number of hydrogen-bond acceptors (Lipinski definition) is 5. The minimum Gasteiger partial charge on any atom is -0.441 e. The summed E-state index contributed by atoms with van der Waals surface area (Å²) in [5, 5.41) is 8.48. The maximum absolute atomic E-state index is 12.7. The summed E-state index contributed by atoms with van der Waals surface area (Å²) >= 11 is 0. The standard InChI is InChI=1S/C22H27N5O2/c1-14(2)25-19-6-8-27(9-7-19)22(28)26-21-11-18-10-16(4-5-17(18)12-24-21)20-13-23-15(3)29-20/h4-5,10-14,19,25H,6-9H2,1-3H3,(H,24,26,28). The monoisotopic (exact) mass is 393 g/mol. The van der Waals surface area contributed by atoms with Crippen LogP contribution in [0.5, 0.6) is 0 Å². The van der Waals surface area contributed by atoms with Gasteiger partial charge >= 0.3 is 6.03 Å². The number of carbonyl (C=O) groups is 1. The second kappa shape index (κ2) is 8.21. The minimum absolute atomic E-state index is 0.0955. The number of aryl methyl sites for hydroxylation is 1. The topological polar surface area (TPSA) is 83.3 Å². The van der Waals surface area contributed by atoms with E-state index in [2.05, 4.69) is 34.4 Å². The lowest BCUT2D eigenvalue weighted by molar-refractivity contribution is 0.187. The second-order valence-electron chi connectivity index (χ2n) is 7.89. The third kappa shape index (κ3) is 4.56. The Hall–Kier alpha value is -2.93. The van der Waals surface area contributed by atoms with Crippen molar-refractivity contribution >= 4 is 22.6 Å². The van der Waals surface area contributed by atoms with E-state index in [1.807, 2.05) is 36.1 Å². The first-order valence-electron chi connectivity index (χ1n) is 10.1. The number of anilines is 1. The Bertz CT molecular complexity index is 1010. The van der Waals surface area contributed by atoms with Crippen LogP contribution in [-0.4, -0.2) is 46.1 Å². The molecule has 0 aliphatic carbocycles. The molecule has 1 aromatic carbocycles. The van der Waals surface area contributed by atoms with Crippen molar-refractivity contribution in [2.45, 2.75) is 45.7 Å². The summed E-state index contributed by atoms with van der Waals surface area (Å²) in [5.41, 5.74) is 0.946. The quantitative estimate of drug-likeness (QED) is 0.694. The van der Waals surface area contributed by atoms with Crippen molar-refractivity contribution in [3.63, 3.8) is 0 Å². The SMILES string of the molecule is Cc1ncc(-c2ccc3cnc(NC(=O)N4CCC(NC(C)C)CC4)cc3c2)o1. The van der Waals surface area contributed by atoms with Crippen LogP contribution in [0.3, 0.4) is 0 Å². The summed E-state index contributed by atoms with van der Waals surface area (Å²) in [5.74, 6) is 1.91. The first-order valence-corrected chi connectivity index (χ1v) is 10.1. The Balaban J connectivity index is 1.44. The van der Waals surface area contributed by atoms with Gasteiger partial charge in [0.05, 0.1) is 6.20 Å². The highest BCUT2D eigenvalue weighted by molar-refractivity contribution is 5.93. The zero-order valence-electron chi connectivity index (χ0n) is 17.1. The molecular weight excluding hydrogens is 366 g/mol. The van der Waals surface area contributed by atoms with E-state index >= 15 is 0 Å². The summed E-state index contributed by atoms with van der Waals surface area (Å²) in [6.07, 6.45) is 5.44. The molecule has 0 saturated carbocycles. The van der Waals surface area contributed by atoms with Crippen LogP contribution in [0.1, 0.15) is 32.6 Å². The van der Waals surface area contributed by atoms with E-state index in [1.165, 1.54) is 0 Å². The first kappa shape index (κ1) is 19.4. The predicted octanol–water partition coefficient (Wildman–Crippen LogP) is 4.19. The van der Waals surface area contributed by atoms with Crippen LogP contribution in [0.25, 0.3) is 22.1 Å². The molecule has 2 aromatic heterocycles. The molecule has 0 radical (unpaired) electrons. The van der Waals surface area contributed by atoms with Crippen LogP contribution < -0.4 is 10.6 Å². The average molecular weight is 393 g/mol. The Morgan fingerprint density at radius 3 is 2.62 bits per heavy atom. The number of nitrogens with zero attached hydrogens (tertiary/aromatic N) is 3. The molecule has 2 N–H and O–H groups in total. The molecule has 2 amide bonds. The van der Waals surface area contributed by atoms with Gasteiger partial charge in [-0.25, -0.2) is 14.8 Å². The van der Waals surface area contributed by atoms with Crippen LogP contribution >= 0.6 is 0 Å². The largest absolute Gasteiger partial charge is 0.441 e. The molecule has 1 aliphatic heterocycles. The molecule has 7 nitrogen and oxygen atoms in total. The van der Waals surface area contributed by atoms with Crippen molar-refractivity contribution in [1.29, 1.82) is 0 Å². The van der Waals surface area contributed by atoms with Crippen LogP contribution in [0, 0.1) is 6.92 Å². The molecule has 0 bridgehead atoms. The van der Waals surface area contributed by atoms with E-state index in [-0.39, 0.29) is 6.03 Å². The molecule has 7 heteroatoms. The lowest BCUT2D eigenvalue weighted by atomic mass is 10.0. The number of benzene rings is 1. The Morgan fingerprint density at radius 1 is 1.14 bits per heavy atom. The molecule has 1 fully saturated rings. The van der Waals surface area contributed by atoms with Gasteiger partial charge in [-0.05, 0) is 30.4 Å². The highest BCUT2D eigenvalue weighted by Crippen LogP contribution is 2.26. The van der Waals surface area contributed by atoms with Crippen molar-refractivity contribution in [3.05, 3.63) is 42.5 Å². The maximum atomic E-state index is 12.7. The maximum Gasteiger partial charge on any atom is 0.323 e. The summed E-state index contributed by atoms with van der Waals surface area (Å²) in [6.45, 7) is 7.63. The lowest BCUT2D eigenvalue weighted by Crippen LogP contribution is -2.47. The molecule has 0 spiro atoms. The van der Waals surface area contributed by atoms with E-state index in [4.69, 9.17) is 4.42 Å². The summed E-state index contributed by atoms with van der Waals surface area (Å²) < 4.78 is 5.62. The normalized spacial score (nSPS) is 15.2. The van der Waals surface area contributed by atoms with E-state index in [0.29, 0.717) is 23.8 Å². The van der Waals surface area contributed by atoms with Gasteiger partial charge in [-0.1, -0.05) is 26.0 Å². The second-order valence-corrected chi connectivity index (χ2v) is 7.89. The van der Waals surface area contributed by atoms with Gasteiger partial charge in [0.2, 0.25) is 0 Å². The zero-order valence-corrected chi connectivity index (χ0v) is 17.1. The number of rotatable bonds is 4. The average Bonchev–Trinajstić information content (AvgIpc) is 3.14. The molecule has 3 heterocycles. The summed E-state index contributed by atoms with van der Waals surface area (Å²) in [4.78, 5) is 23.1. The number of amides is 2. The van der Waals surface area contributed by atoms with Crippen LogP contribution in [0.15, 0.2) is 41.1 Å². The van der Waals surface area contributed by atoms with Crippen LogP contribution in [0.2, 0.25) is 0 Å². The van der Waals surface area contributed by atoms with Gasteiger partial charge in [0.1, 0.15) is 5.82 Å². The van der Waals surface area contributed by atoms with Gasteiger partial charge in [-0.15, -0.1) is 0 Å². The molecule has 4 rings (SSSR count). The zero-order chi connectivity index (χ0) is 20.4. The van der Waals surface area contributed by atoms with Crippen molar-refractivity contribution in [1.82, 2.24) is 20.2 Å². The number of hydrogen-bond donors (Lipinski definition) is 2. The summed E-state index contributed by atoms with van der Waals surface area (Å²) in [6, 6.07) is 8.75. The Kier molecular flexibility index (Phi) is 5.49. The number of fused-ring (bicyclic) bond motifs is 1. The third-order valence-corrected chi connectivity index (χ3v) is 5.21. The molecule has 3 aromatic rings. The molecular formula is C22H27N5O2. The third-order valence-electron chi connectivity index (χ3n) is 5.21. The van der Waals surface area contributed by atoms with Gasteiger partial charge < -0.3 is 14.6 Å². The van der Waals surface area contributed by atoms with Crippen LogP contribution in [0.4, 0.5) is 10.6 Å². The molecule has 1 aliphatic rings. The molecule has 0 atom stereocenters. The van der Waals surface area contributed by atoms with E-state index in [0.717, 1.165) is 48.0 Å². The van der Waals surface area contributed by atoms with E-state index < -0.39 is 0 Å². The number of likely N-dealkylation sites (tertiary alicyclic amines) is 1. The van der Waals surface area contributed by atoms with Gasteiger partial charge in [0, 0.05) is 49.2 Å². The van der Waals surface area contributed by atoms with E-state index in [1.54, 1.807) is 12.4 Å². The van der Waals surface area contributed by atoms with Crippen molar-refractivity contribution < 1.29 is 9.21 Å². The van der Waals surface area contributed by atoms with Gasteiger partial charge in [0.15, 0.2) is 11.7 Å². The molecule has 0 unspecified atom stereocenters. The molecule has 152 valence electrons. The molecule has 1 saturated heterocycles. The fraction of sp³-hybridized carbons (Fsp3) is 0.409. The predicted molar refractivity (Wildman–Crippen MR) is 114 cm³/mol. The number of oxazole rings is 1. The van der Waals surface area contributed by atoms with Gasteiger partial charge in [-0.3, -0.25) is 5.32 Å². The highest BCUT2D eigenvalue weighted by atomic mass is 16.4. The number of pyridine rings is 1. The Morgan fingerprint density at radius 2 is 1.93 bits per heavy atom. The minimum atomic E-state index is -0.0955. The van der Waals surface area contributed by atoms with E-state index in [9.17, 15) is 4.79 Å². The molecule has 29 heavy (non-hydrogen) atoms. The van der Waals surface area contributed by atoms with Crippen molar-refractivity contribution in [2.24, 2.45) is 0 Å². The Labute approximate surface area is 170 Å². The van der Waals surface area contributed by atoms with Crippen molar-refractivity contribution in [2.75, 3.05) is 18.4 Å². The first-order chi connectivity index (χ1) is 14.0. The fourth-order valence-corrected chi connectivity index (χ4v) is 3.77. The summed E-state index contributed by atoms with van der Waals surface area (Å²) in [7, 11) is 0. The van der Waals surface area contributed by atoms with Gasteiger partial charge in [0.25, 0.3) is 0 Å².